The monoisotopic (exact) mass is 238 g/mol. The summed E-state index contributed by atoms with van der Waals surface area (Å²) in [6.45, 7) is 4.82. The van der Waals surface area contributed by atoms with Gasteiger partial charge < -0.3 is 10.5 Å². The highest BCUT2D eigenvalue weighted by atomic mass is 32.2. The van der Waals surface area contributed by atoms with E-state index in [1.807, 2.05) is 13.8 Å². The summed E-state index contributed by atoms with van der Waals surface area (Å²) in [7, 11) is -1.67. The first-order chi connectivity index (χ1) is 6.99. The van der Waals surface area contributed by atoms with Gasteiger partial charge >= 0.3 is 0 Å². The zero-order chi connectivity index (χ0) is 11.9. The van der Waals surface area contributed by atoms with E-state index in [1.165, 1.54) is 4.31 Å². The fraction of sp³-hybridized carbons (Fsp3) is 1.00. The van der Waals surface area contributed by atoms with Crippen molar-refractivity contribution in [3.63, 3.8) is 0 Å². The minimum Gasteiger partial charge on any atom is -0.383 e. The smallest absolute Gasteiger partial charge is 0.215 e. The van der Waals surface area contributed by atoms with Gasteiger partial charge in [-0.15, -0.1) is 0 Å². The Labute approximate surface area is 92.6 Å². The second-order valence-electron chi connectivity index (χ2n) is 3.47. The zero-order valence-electron chi connectivity index (χ0n) is 9.77. The number of nitrogens with zero attached hydrogens (tertiary/aromatic N) is 1. The van der Waals surface area contributed by atoms with E-state index in [0.29, 0.717) is 13.2 Å². The quantitative estimate of drug-likeness (QED) is 0.647. The van der Waals surface area contributed by atoms with Crippen LogP contribution in [0.15, 0.2) is 0 Å². The second kappa shape index (κ2) is 7.16. The van der Waals surface area contributed by atoms with Crippen molar-refractivity contribution in [1.29, 1.82) is 0 Å². The molecule has 1 unspecified atom stereocenters. The number of sulfonamides is 1. The van der Waals surface area contributed by atoms with Crippen molar-refractivity contribution < 1.29 is 13.2 Å². The predicted molar refractivity (Wildman–Crippen MR) is 61.2 cm³/mol. The maximum Gasteiger partial charge on any atom is 0.215 e. The van der Waals surface area contributed by atoms with Crippen LogP contribution in [0.2, 0.25) is 0 Å². The summed E-state index contributed by atoms with van der Waals surface area (Å²) in [4.78, 5) is 0. The van der Waals surface area contributed by atoms with Crippen molar-refractivity contribution in [2.75, 3.05) is 32.6 Å². The van der Waals surface area contributed by atoms with Crippen molar-refractivity contribution in [3.8, 4) is 0 Å². The van der Waals surface area contributed by atoms with Gasteiger partial charge in [0.2, 0.25) is 10.0 Å². The zero-order valence-corrected chi connectivity index (χ0v) is 10.6. The average Bonchev–Trinajstić information content (AvgIpc) is 2.17. The molecule has 0 aromatic carbocycles. The lowest BCUT2D eigenvalue weighted by atomic mass is 10.3. The van der Waals surface area contributed by atoms with Crippen LogP contribution in [0.1, 0.15) is 20.3 Å². The molecule has 2 N–H and O–H groups in total. The molecule has 0 aliphatic rings. The van der Waals surface area contributed by atoms with Crippen LogP contribution < -0.4 is 5.73 Å². The highest BCUT2D eigenvalue weighted by Crippen LogP contribution is 2.10. The van der Waals surface area contributed by atoms with Crippen molar-refractivity contribution in [2.45, 2.75) is 26.3 Å². The number of methoxy groups -OCH3 is 1. The maximum atomic E-state index is 11.8. The Kier molecular flexibility index (Phi) is 7.08. The molecule has 92 valence electrons. The summed E-state index contributed by atoms with van der Waals surface area (Å²) in [5.41, 5.74) is 5.29. The normalized spacial score (nSPS) is 14.5. The van der Waals surface area contributed by atoms with Crippen molar-refractivity contribution in [1.82, 2.24) is 4.31 Å². The van der Waals surface area contributed by atoms with Gasteiger partial charge in [-0.1, -0.05) is 6.92 Å². The maximum absolute atomic E-state index is 11.8. The van der Waals surface area contributed by atoms with Crippen LogP contribution in [0.5, 0.6) is 0 Å². The first-order valence-electron chi connectivity index (χ1n) is 5.18. The van der Waals surface area contributed by atoms with E-state index in [9.17, 15) is 8.42 Å². The van der Waals surface area contributed by atoms with Crippen LogP contribution in [-0.2, 0) is 14.8 Å². The first-order valence-corrected chi connectivity index (χ1v) is 6.79. The summed E-state index contributed by atoms with van der Waals surface area (Å²) in [5.74, 6) is 0.00105. The van der Waals surface area contributed by atoms with Crippen LogP contribution in [0.25, 0.3) is 0 Å². The molecule has 6 heteroatoms. The molecule has 15 heavy (non-hydrogen) atoms. The highest BCUT2D eigenvalue weighted by Gasteiger charge is 2.24. The third kappa shape index (κ3) is 4.92. The summed E-state index contributed by atoms with van der Waals surface area (Å²) >= 11 is 0. The van der Waals surface area contributed by atoms with Gasteiger partial charge in [0.25, 0.3) is 0 Å². The first kappa shape index (κ1) is 14.8. The Bertz CT molecular complexity index is 254. The molecule has 0 aliphatic heterocycles. The van der Waals surface area contributed by atoms with Gasteiger partial charge in [0.1, 0.15) is 0 Å². The van der Waals surface area contributed by atoms with Crippen molar-refractivity contribution >= 4 is 10.0 Å². The number of nitrogens with two attached hydrogens (primary N) is 1. The topological polar surface area (TPSA) is 72.6 Å². The van der Waals surface area contributed by atoms with Gasteiger partial charge in [0.05, 0.1) is 12.4 Å². The summed E-state index contributed by atoms with van der Waals surface area (Å²) < 4.78 is 30.0. The fourth-order valence-electron chi connectivity index (χ4n) is 1.28. The highest BCUT2D eigenvalue weighted by molar-refractivity contribution is 7.89. The molecular formula is C9H22N2O3S. The molecule has 0 amide bonds. The standard InChI is InChI=1S/C9H22N2O3S/c1-4-9(2)11(6-7-14-3)15(12,13)8-5-10/h9H,4-8,10H2,1-3H3. The molecule has 0 bridgehead atoms. The van der Waals surface area contributed by atoms with Gasteiger partial charge in [-0.3, -0.25) is 0 Å². The molecule has 0 fully saturated rings. The van der Waals surface area contributed by atoms with Crippen molar-refractivity contribution in [3.05, 3.63) is 0 Å². The average molecular weight is 238 g/mol. The second-order valence-corrected chi connectivity index (χ2v) is 5.51. The number of rotatable bonds is 8. The van der Waals surface area contributed by atoms with E-state index in [2.05, 4.69) is 0 Å². The Morgan fingerprint density at radius 3 is 2.47 bits per heavy atom. The number of ether oxygens (including phenoxy) is 1. The van der Waals surface area contributed by atoms with E-state index in [-0.39, 0.29) is 18.3 Å². The minimum atomic E-state index is -3.23. The van der Waals surface area contributed by atoms with E-state index >= 15 is 0 Å². The molecular weight excluding hydrogens is 216 g/mol. The van der Waals surface area contributed by atoms with E-state index in [4.69, 9.17) is 10.5 Å². The third-order valence-electron chi connectivity index (χ3n) is 2.33. The molecule has 1 atom stereocenters. The van der Waals surface area contributed by atoms with E-state index < -0.39 is 10.0 Å². The molecule has 0 radical (unpaired) electrons. The Hall–Kier alpha value is -0.170. The predicted octanol–water partition coefficient (Wildman–Crippen LogP) is 0.0218. The molecule has 0 saturated carbocycles. The van der Waals surface area contributed by atoms with Gasteiger partial charge in [0, 0.05) is 26.2 Å². The summed E-state index contributed by atoms with van der Waals surface area (Å²) in [5, 5.41) is 0. The Balaban J connectivity index is 4.61. The molecule has 0 saturated heterocycles. The lowest BCUT2D eigenvalue weighted by Crippen LogP contribution is -2.42. The number of hydrogen-bond acceptors (Lipinski definition) is 4. The van der Waals surface area contributed by atoms with Crippen LogP contribution in [0.4, 0.5) is 0 Å². The Morgan fingerprint density at radius 1 is 1.47 bits per heavy atom. The van der Waals surface area contributed by atoms with Gasteiger partial charge in [-0.2, -0.15) is 4.31 Å². The summed E-state index contributed by atoms with van der Waals surface area (Å²) in [6.07, 6.45) is 0.785. The SMILES string of the molecule is CCC(C)N(CCOC)S(=O)(=O)CCN. The molecule has 0 aliphatic carbocycles. The largest absolute Gasteiger partial charge is 0.383 e. The third-order valence-corrected chi connectivity index (χ3v) is 4.34. The van der Waals surface area contributed by atoms with E-state index in [1.54, 1.807) is 7.11 Å². The molecule has 0 aromatic rings. The van der Waals surface area contributed by atoms with Crippen LogP contribution >= 0.6 is 0 Å². The molecule has 0 heterocycles. The lowest BCUT2D eigenvalue weighted by Gasteiger charge is -2.27. The van der Waals surface area contributed by atoms with Crippen LogP contribution in [-0.4, -0.2) is 51.3 Å². The lowest BCUT2D eigenvalue weighted by molar-refractivity contribution is 0.167. The van der Waals surface area contributed by atoms with Gasteiger partial charge in [-0.05, 0) is 13.3 Å². The molecule has 0 rings (SSSR count). The molecule has 0 aromatic heterocycles. The van der Waals surface area contributed by atoms with Gasteiger partial charge in [0.15, 0.2) is 0 Å². The molecule has 5 nitrogen and oxygen atoms in total. The Morgan fingerprint density at radius 2 is 2.07 bits per heavy atom. The fourth-order valence-corrected chi connectivity index (χ4v) is 2.87. The number of hydrogen-bond donors (Lipinski definition) is 1. The van der Waals surface area contributed by atoms with Gasteiger partial charge in [-0.25, -0.2) is 8.42 Å². The van der Waals surface area contributed by atoms with Crippen LogP contribution in [0, 0.1) is 0 Å². The van der Waals surface area contributed by atoms with Crippen molar-refractivity contribution in [2.24, 2.45) is 5.73 Å². The minimum absolute atomic E-state index is 0.00105. The van der Waals surface area contributed by atoms with Crippen LogP contribution in [0.3, 0.4) is 0 Å². The van der Waals surface area contributed by atoms with E-state index in [0.717, 1.165) is 6.42 Å². The summed E-state index contributed by atoms with van der Waals surface area (Å²) in [6, 6.07) is -0.00306. The molecule has 0 spiro atoms.